The van der Waals surface area contributed by atoms with E-state index in [4.69, 9.17) is 5.73 Å². The smallest absolute Gasteiger partial charge is 0.369 e. The van der Waals surface area contributed by atoms with Gasteiger partial charge in [-0.05, 0) is 69.8 Å². The molecule has 35 heavy (non-hydrogen) atoms. The predicted molar refractivity (Wildman–Crippen MR) is 122 cm³/mol. The number of rotatable bonds is 7. The van der Waals surface area contributed by atoms with E-state index >= 15 is 0 Å². The minimum Gasteiger partial charge on any atom is -0.369 e. The molecule has 192 valence electrons. The Morgan fingerprint density at radius 2 is 1.83 bits per heavy atom. The van der Waals surface area contributed by atoms with Crippen LogP contribution in [0.4, 0.5) is 13.2 Å². The van der Waals surface area contributed by atoms with Gasteiger partial charge in [0.05, 0.1) is 17.3 Å². The van der Waals surface area contributed by atoms with Gasteiger partial charge < -0.3 is 16.4 Å². The standard InChI is InChI=1S/C24H32F3N5O3/c1-4-17(33)31-22(2,3)5-6-32-19(24(25,26)27)16(12-29-32)20(34)30-18-14-7-13-8-15(18)11-23(9-13,10-14)21(28)35/h5-6,12-15,18H,4,7-11H2,1-3H3,(H2,28,35)(H,30,34)(H,31,33)/b6-5+. The summed E-state index contributed by atoms with van der Waals surface area (Å²) < 4.78 is 42.6. The van der Waals surface area contributed by atoms with E-state index in [0.29, 0.717) is 23.4 Å². The first-order chi connectivity index (χ1) is 16.2. The molecule has 4 fully saturated rings. The number of primary amides is 1. The summed E-state index contributed by atoms with van der Waals surface area (Å²) in [6.07, 6.45) is 2.39. The van der Waals surface area contributed by atoms with Gasteiger partial charge in [-0.25, -0.2) is 4.68 Å². The van der Waals surface area contributed by atoms with Gasteiger partial charge in [0, 0.05) is 24.1 Å². The van der Waals surface area contributed by atoms with E-state index in [0.717, 1.165) is 31.7 Å². The molecule has 11 heteroatoms. The zero-order valence-electron chi connectivity index (χ0n) is 20.1. The third-order valence-electron chi connectivity index (χ3n) is 7.82. The van der Waals surface area contributed by atoms with Crippen LogP contribution in [0.2, 0.25) is 0 Å². The number of hydrogen-bond acceptors (Lipinski definition) is 4. The van der Waals surface area contributed by atoms with Gasteiger partial charge in [0.25, 0.3) is 5.91 Å². The average molecular weight is 496 g/mol. The van der Waals surface area contributed by atoms with Crippen LogP contribution >= 0.6 is 0 Å². The van der Waals surface area contributed by atoms with E-state index in [1.165, 1.54) is 6.08 Å². The van der Waals surface area contributed by atoms with E-state index in [9.17, 15) is 27.6 Å². The quantitative estimate of drug-likeness (QED) is 0.539. The molecule has 4 saturated carbocycles. The molecule has 4 aliphatic rings. The van der Waals surface area contributed by atoms with Gasteiger partial charge in [0.1, 0.15) is 0 Å². The second-order valence-electron chi connectivity index (χ2n) is 10.9. The highest BCUT2D eigenvalue weighted by Crippen LogP contribution is 2.60. The molecule has 3 amide bonds. The van der Waals surface area contributed by atoms with Gasteiger partial charge in [-0.1, -0.05) is 6.92 Å². The number of alkyl halides is 3. The van der Waals surface area contributed by atoms with Gasteiger partial charge in [0.15, 0.2) is 5.69 Å². The van der Waals surface area contributed by atoms with Crippen LogP contribution in [0.15, 0.2) is 12.3 Å². The zero-order valence-corrected chi connectivity index (χ0v) is 20.1. The minimum absolute atomic E-state index is 0.0185. The van der Waals surface area contributed by atoms with Gasteiger partial charge in [0.2, 0.25) is 11.8 Å². The van der Waals surface area contributed by atoms with Crippen molar-refractivity contribution in [1.29, 1.82) is 0 Å². The van der Waals surface area contributed by atoms with Crippen LogP contribution in [0.3, 0.4) is 0 Å². The molecule has 8 nitrogen and oxygen atoms in total. The summed E-state index contributed by atoms with van der Waals surface area (Å²) in [5, 5.41) is 9.34. The number of halogens is 3. The minimum atomic E-state index is -4.83. The molecule has 4 aliphatic carbocycles. The number of nitrogens with one attached hydrogen (secondary N) is 2. The van der Waals surface area contributed by atoms with Crippen LogP contribution in [0, 0.1) is 23.2 Å². The molecule has 2 atom stereocenters. The van der Waals surface area contributed by atoms with Crippen molar-refractivity contribution < 1.29 is 27.6 Å². The van der Waals surface area contributed by atoms with E-state index in [1.54, 1.807) is 20.8 Å². The summed E-state index contributed by atoms with van der Waals surface area (Å²) in [5.41, 5.74) is 2.50. The van der Waals surface area contributed by atoms with Gasteiger partial charge in [-0.3, -0.25) is 14.4 Å². The van der Waals surface area contributed by atoms with E-state index in [-0.39, 0.29) is 36.1 Å². The lowest BCUT2D eigenvalue weighted by molar-refractivity contribution is -0.145. The Kier molecular flexibility index (Phi) is 6.25. The second-order valence-corrected chi connectivity index (χ2v) is 10.9. The SMILES string of the molecule is CCC(=O)NC(C)(C)/C=C/n1ncc(C(=O)NC2C3CC4CC2CC(C(N)=O)(C4)C3)c1C(F)(F)F. The number of aromatic nitrogens is 2. The van der Waals surface area contributed by atoms with E-state index in [2.05, 4.69) is 15.7 Å². The summed E-state index contributed by atoms with van der Waals surface area (Å²) in [6, 6.07) is -0.297. The van der Waals surface area contributed by atoms with Crippen LogP contribution in [0.1, 0.15) is 75.3 Å². The summed E-state index contributed by atoms with van der Waals surface area (Å²) in [7, 11) is 0. The Bertz CT molecular complexity index is 1050. The number of nitrogens with zero attached hydrogens (tertiary/aromatic N) is 2. The Morgan fingerprint density at radius 3 is 2.37 bits per heavy atom. The van der Waals surface area contributed by atoms with Crippen molar-refractivity contribution in [3.63, 3.8) is 0 Å². The molecule has 0 spiro atoms. The molecule has 4 bridgehead atoms. The van der Waals surface area contributed by atoms with Crippen molar-refractivity contribution in [2.75, 3.05) is 0 Å². The van der Waals surface area contributed by atoms with E-state index in [1.807, 2.05) is 0 Å². The Morgan fingerprint density at radius 1 is 1.20 bits per heavy atom. The van der Waals surface area contributed by atoms with Gasteiger partial charge in [-0.15, -0.1) is 0 Å². The molecule has 0 saturated heterocycles. The number of hydrogen-bond donors (Lipinski definition) is 3. The van der Waals surface area contributed by atoms with E-state index < -0.39 is 34.3 Å². The lowest BCUT2D eigenvalue weighted by atomic mass is 9.47. The fourth-order valence-corrected chi connectivity index (χ4v) is 6.46. The first-order valence-electron chi connectivity index (χ1n) is 12.0. The van der Waals surface area contributed by atoms with Crippen molar-refractivity contribution in [2.45, 2.75) is 77.1 Å². The van der Waals surface area contributed by atoms with Crippen molar-refractivity contribution >= 4 is 23.9 Å². The third kappa shape index (κ3) is 4.81. The average Bonchev–Trinajstić information content (AvgIpc) is 3.19. The molecule has 2 unspecified atom stereocenters. The van der Waals surface area contributed by atoms with Crippen LogP contribution in [-0.4, -0.2) is 39.1 Å². The molecule has 1 heterocycles. The van der Waals surface area contributed by atoms with Crippen molar-refractivity contribution in [2.24, 2.45) is 28.9 Å². The van der Waals surface area contributed by atoms with Crippen molar-refractivity contribution in [1.82, 2.24) is 20.4 Å². The second kappa shape index (κ2) is 8.67. The maximum absolute atomic E-state index is 14.0. The molecule has 5 rings (SSSR count). The Balaban J connectivity index is 1.55. The first-order valence-corrected chi connectivity index (χ1v) is 12.0. The summed E-state index contributed by atoms with van der Waals surface area (Å²) in [4.78, 5) is 36.9. The lowest BCUT2D eigenvalue weighted by Crippen LogP contribution is -2.62. The maximum atomic E-state index is 14.0. The fourth-order valence-electron chi connectivity index (χ4n) is 6.46. The Hall–Kier alpha value is -2.85. The number of carbonyl (C=O) groups excluding carboxylic acids is 3. The molecular formula is C24H32F3N5O3. The molecule has 4 N–H and O–H groups in total. The van der Waals surface area contributed by atoms with Crippen LogP contribution in [0.25, 0.3) is 6.20 Å². The topological polar surface area (TPSA) is 119 Å². The molecule has 1 aromatic rings. The lowest BCUT2D eigenvalue weighted by Gasteiger charge is -2.58. The third-order valence-corrected chi connectivity index (χ3v) is 7.82. The highest BCUT2D eigenvalue weighted by molar-refractivity contribution is 5.95. The van der Waals surface area contributed by atoms with Gasteiger partial charge >= 0.3 is 6.18 Å². The van der Waals surface area contributed by atoms with Crippen LogP contribution in [-0.2, 0) is 15.8 Å². The number of amides is 3. The molecule has 0 aliphatic heterocycles. The fraction of sp³-hybridized carbons (Fsp3) is 0.667. The first kappa shape index (κ1) is 25.2. The van der Waals surface area contributed by atoms with Crippen molar-refractivity contribution in [3.05, 3.63) is 23.5 Å². The highest BCUT2D eigenvalue weighted by Gasteiger charge is 2.58. The summed E-state index contributed by atoms with van der Waals surface area (Å²) in [6.45, 7) is 4.96. The van der Waals surface area contributed by atoms with Crippen LogP contribution in [0.5, 0.6) is 0 Å². The molecule has 0 radical (unpaired) electrons. The van der Waals surface area contributed by atoms with Crippen molar-refractivity contribution in [3.8, 4) is 0 Å². The maximum Gasteiger partial charge on any atom is 0.434 e. The molecular weight excluding hydrogens is 463 g/mol. The molecule has 0 aromatic carbocycles. The molecule has 1 aromatic heterocycles. The van der Waals surface area contributed by atoms with Gasteiger partial charge in [-0.2, -0.15) is 18.3 Å². The number of nitrogens with two attached hydrogens (primary N) is 1. The summed E-state index contributed by atoms with van der Waals surface area (Å²) in [5.74, 6) is -0.989. The largest absolute Gasteiger partial charge is 0.434 e. The Labute approximate surface area is 201 Å². The monoisotopic (exact) mass is 495 g/mol. The number of carbonyl (C=O) groups is 3. The highest BCUT2D eigenvalue weighted by atomic mass is 19.4. The normalized spacial score (nSPS) is 30.0. The van der Waals surface area contributed by atoms with Crippen LogP contribution < -0.4 is 16.4 Å². The predicted octanol–water partition coefficient (Wildman–Crippen LogP) is 3.09. The zero-order chi connectivity index (χ0) is 25.8. The summed E-state index contributed by atoms with van der Waals surface area (Å²) >= 11 is 0.